The Labute approximate surface area is 137 Å². The quantitative estimate of drug-likeness (QED) is 0.909. The summed E-state index contributed by atoms with van der Waals surface area (Å²) in [7, 11) is -3.78. The topological polar surface area (TPSA) is 64.6 Å². The largest absolute Gasteiger partial charge is 0.486 e. The van der Waals surface area contributed by atoms with Gasteiger partial charge in [0.2, 0.25) is 0 Å². The van der Waals surface area contributed by atoms with Gasteiger partial charge in [0.15, 0.2) is 11.5 Å². The smallest absolute Gasteiger partial charge is 0.262 e. The van der Waals surface area contributed by atoms with Crippen molar-refractivity contribution in [3.63, 3.8) is 0 Å². The third-order valence-electron chi connectivity index (χ3n) is 2.94. The zero-order chi connectivity index (χ0) is 15.7. The molecule has 1 aliphatic heterocycles. The van der Waals surface area contributed by atoms with Crippen LogP contribution in [0.25, 0.3) is 0 Å². The molecule has 0 aromatic heterocycles. The number of benzene rings is 2. The lowest BCUT2D eigenvalue weighted by Gasteiger charge is -2.19. The normalized spacial score (nSPS) is 13.7. The fourth-order valence-electron chi connectivity index (χ4n) is 2.02. The molecule has 0 amide bonds. The highest BCUT2D eigenvalue weighted by molar-refractivity contribution is 7.92. The van der Waals surface area contributed by atoms with E-state index in [2.05, 4.69) is 4.72 Å². The van der Waals surface area contributed by atoms with Gasteiger partial charge in [0.25, 0.3) is 10.0 Å². The molecule has 0 atom stereocenters. The first-order chi connectivity index (χ1) is 10.4. The molecule has 2 aromatic rings. The number of sulfonamides is 1. The lowest BCUT2D eigenvalue weighted by molar-refractivity contribution is 0.171. The molecule has 1 aliphatic rings. The lowest BCUT2D eigenvalue weighted by Crippen LogP contribution is -2.17. The van der Waals surface area contributed by atoms with Crippen molar-refractivity contribution in [2.24, 2.45) is 0 Å². The fraction of sp³-hybridized carbons (Fsp3) is 0.143. The summed E-state index contributed by atoms with van der Waals surface area (Å²) >= 11 is 11.7. The molecular formula is C14H11Cl2NO4S. The summed E-state index contributed by atoms with van der Waals surface area (Å²) in [4.78, 5) is 0.0628. The summed E-state index contributed by atoms with van der Waals surface area (Å²) in [6.45, 7) is 0.826. The molecule has 1 N–H and O–H groups in total. The summed E-state index contributed by atoms with van der Waals surface area (Å²) in [6.07, 6.45) is 0. The summed E-state index contributed by atoms with van der Waals surface area (Å²) in [5, 5.41) is 0.680. The number of halogens is 2. The van der Waals surface area contributed by atoms with Crippen LogP contribution in [0.5, 0.6) is 11.5 Å². The van der Waals surface area contributed by atoms with Crippen molar-refractivity contribution in [1.29, 1.82) is 0 Å². The second-order valence-corrected chi connectivity index (χ2v) is 7.12. The maximum absolute atomic E-state index is 12.4. The summed E-state index contributed by atoms with van der Waals surface area (Å²) in [5.41, 5.74) is 0.285. The predicted molar refractivity (Wildman–Crippen MR) is 84.7 cm³/mol. The van der Waals surface area contributed by atoms with Gasteiger partial charge >= 0.3 is 0 Å². The molecule has 2 aromatic carbocycles. The van der Waals surface area contributed by atoms with Gasteiger partial charge < -0.3 is 9.47 Å². The van der Waals surface area contributed by atoms with E-state index in [-0.39, 0.29) is 10.6 Å². The molecule has 1 heterocycles. The van der Waals surface area contributed by atoms with E-state index in [1.807, 2.05) is 0 Å². The van der Waals surface area contributed by atoms with Crippen molar-refractivity contribution in [1.82, 2.24) is 0 Å². The fourth-order valence-corrected chi connectivity index (χ4v) is 3.60. The third kappa shape index (κ3) is 3.24. The van der Waals surface area contributed by atoms with Crippen molar-refractivity contribution in [3.05, 3.63) is 46.4 Å². The highest BCUT2D eigenvalue weighted by Gasteiger charge is 2.19. The Hall–Kier alpha value is -1.63. The molecular weight excluding hydrogens is 349 g/mol. The number of ether oxygens (including phenoxy) is 2. The second-order valence-electron chi connectivity index (χ2n) is 4.57. The first kappa shape index (κ1) is 15.3. The highest BCUT2D eigenvalue weighted by Crippen LogP contribution is 2.33. The van der Waals surface area contributed by atoms with Crippen molar-refractivity contribution in [3.8, 4) is 11.5 Å². The van der Waals surface area contributed by atoms with E-state index < -0.39 is 10.0 Å². The van der Waals surface area contributed by atoms with Crippen LogP contribution in [0.15, 0.2) is 41.3 Å². The predicted octanol–water partition coefficient (Wildman–Crippen LogP) is 3.57. The number of hydrogen-bond acceptors (Lipinski definition) is 4. The third-order valence-corrected chi connectivity index (χ3v) is 4.75. The Morgan fingerprint density at radius 2 is 1.55 bits per heavy atom. The summed E-state index contributed by atoms with van der Waals surface area (Å²) in [5.74, 6) is 0.925. The van der Waals surface area contributed by atoms with E-state index in [0.717, 1.165) is 0 Å². The van der Waals surface area contributed by atoms with Gasteiger partial charge in [-0.15, -0.1) is 0 Å². The van der Waals surface area contributed by atoms with Gasteiger partial charge in [0, 0.05) is 16.1 Å². The average Bonchev–Trinajstić information content (AvgIpc) is 2.45. The van der Waals surface area contributed by atoms with Crippen LogP contribution < -0.4 is 14.2 Å². The maximum Gasteiger partial charge on any atom is 0.262 e. The van der Waals surface area contributed by atoms with Crippen molar-refractivity contribution in [2.45, 2.75) is 4.90 Å². The molecule has 116 valence electrons. The number of fused-ring (bicyclic) bond motifs is 1. The van der Waals surface area contributed by atoms with Crippen LogP contribution in [-0.4, -0.2) is 21.6 Å². The zero-order valence-electron chi connectivity index (χ0n) is 11.2. The number of hydrogen-bond donors (Lipinski definition) is 1. The second kappa shape index (κ2) is 5.87. The van der Waals surface area contributed by atoms with Gasteiger partial charge in [-0.3, -0.25) is 4.72 Å². The van der Waals surface area contributed by atoms with Gasteiger partial charge in [0.05, 0.1) is 10.6 Å². The van der Waals surface area contributed by atoms with Crippen molar-refractivity contribution >= 4 is 38.9 Å². The van der Waals surface area contributed by atoms with Gasteiger partial charge in [-0.2, -0.15) is 0 Å². The van der Waals surface area contributed by atoms with Gasteiger partial charge in [0.1, 0.15) is 13.2 Å². The van der Waals surface area contributed by atoms with E-state index in [1.165, 1.54) is 30.3 Å². The van der Waals surface area contributed by atoms with Crippen LogP contribution in [0.2, 0.25) is 10.0 Å². The van der Waals surface area contributed by atoms with E-state index in [4.69, 9.17) is 32.7 Å². The Kier molecular flexibility index (Phi) is 4.08. The number of nitrogens with one attached hydrogen (secondary N) is 1. The molecule has 0 unspecified atom stereocenters. The van der Waals surface area contributed by atoms with Crippen molar-refractivity contribution in [2.75, 3.05) is 17.9 Å². The van der Waals surface area contributed by atoms with Crippen LogP contribution in [0.4, 0.5) is 5.69 Å². The molecule has 5 nitrogen and oxygen atoms in total. The average molecular weight is 360 g/mol. The molecule has 0 aliphatic carbocycles. The highest BCUT2D eigenvalue weighted by atomic mass is 35.5. The zero-order valence-corrected chi connectivity index (χ0v) is 13.5. The molecule has 8 heteroatoms. The number of rotatable bonds is 3. The molecule has 0 spiro atoms. The number of anilines is 1. The van der Waals surface area contributed by atoms with E-state index in [1.54, 1.807) is 6.07 Å². The standard InChI is InChI=1S/C14H11Cl2NO4S/c15-9-5-10(16)7-11(6-9)17-22(18,19)12-1-2-13-14(8-12)21-4-3-20-13/h1-2,5-8,17H,3-4H2. The molecule has 22 heavy (non-hydrogen) atoms. The minimum Gasteiger partial charge on any atom is -0.486 e. The van der Waals surface area contributed by atoms with Gasteiger partial charge in [-0.25, -0.2) is 8.42 Å². The van der Waals surface area contributed by atoms with E-state index in [9.17, 15) is 8.42 Å². The molecule has 0 bridgehead atoms. The van der Waals surface area contributed by atoms with Crippen LogP contribution >= 0.6 is 23.2 Å². The maximum atomic E-state index is 12.4. The van der Waals surface area contributed by atoms with Gasteiger partial charge in [-0.05, 0) is 30.3 Å². The molecule has 0 fully saturated rings. The first-order valence-electron chi connectivity index (χ1n) is 6.33. The molecule has 3 rings (SSSR count). The molecule has 0 radical (unpaired) electrons. The lowest BCUT2D eigenvalue weighted by atomic mass is 10.3. The van der Waals surface area contributed by atoms with Crippen LogP contribution in [0.1, 0.15) is 0 Å². The van der Waals surface area contributed by atoms with Crippen molar-refractivity contribution < 1.29 is 17.9 Å². The molecule has 0 saturated carbocycles. The van der Waals surface area contributed by atoms with E-state index in [0.29, 0.717) is 34.8 Å². The van der Waals surface area contributed by atoms with E-state index >= 15 is 0 Å². The minimum atomic E-state index is -3.78. The Morgan fingerprint density at radius 3 is 2.23 bits per heavy atom. The van der Waals surface area contributed by atoms with Gasteiger partial charge in [-0.1, -0.05) is 23.2 Å². The molecule has 0 saturated heterocycles. The Morgan fingerprint density at radius 1 is 0.909 bits per heavy atom. The monoisotopic (exact) mass is 359 g/mol. The van der Waals surface area contributed by atoms with Crippen LogP contribution in [-0.2, 0) is 10.0 Å². The SMILES string of the molecule is O=S(=O)(Nc1cc(Cl)cc(Cl)c1)c1ccc2c(c1)OCCO2. The summed E-state index contributed by atoms with van der Waals surface area (Å²) in [6, 6.07) is 8.90. The minimum absolute atomic E-state index is 0.0628. The Bertz CT molecular complexity index is 803. The van der Waals surface area contributed by atoms with Crippen LogP contribution in [0, 0.1) is 0 Å². The van der Waals surface area contributed by atoms with Crippen LogP contribution in [0.3, 0.4) is 0 Å². The first-order valence-corrected chi connectivity index (χ1v) is 8.56. The summed E-state index contributed by atoms with van der Waals surface area (Å²) < 4.78 is 38.0. The Balaban J connectivity index is 1.92.